The zero-order valence-corrected chi connectivity index (χ0v) is 14.8. The zero-order valence-electron chi connectivity index (χ0n) is 14.8. The van der Waals surface area contributed by atoms with Gasteiger partial charge in [-0.25, -0.2) is 0 Å². The molecule has 0 spiro atoms. The van der Waals surface area contributed by atoms with Gasteiger partial charge in [0.05, 0.1) is 11.1 Å². The first-order chi connectivity index (χ1) is 8.44. The second-order valence-corrected chi connectivity index (χ2v) is 7.61. The summed E-state index contributed by atoms with van der Waals surface area (Å²) in [4.78, 5) is 0. The molecule has 2 N–H and O–H groups in total. The quantitative estimate of drug-likeness (QED) is 0.731. The van der Waals surface area contributed by atoms with E-state index >= 15 is 0 Å². The topological polar surface area (TPSA) is 32.3 Å². The van der Waals surface area contributed by atoms with Crippen LogP contribution >= 0.6 is 0 Å². The standard InChI is InChI=1S/C17H37NO/c1-11(2)16(12(3)4,18-15(9)10)17(19,13(5)6)14(7)8/h11-15,18-19H,1-10H3. The SMILES string of the molecule is CC(C)NC(C(C)C)(C(C)C)C(O)(C(C)C)C(C)C. The van der Waals surface area contributed by atoms with Crippen LogP contribution in [0.2, 0.25) is 0 Å². The Bertz CT molecular complexity index is 250. The maximum Gasteiger partial charge on any atom is 0.0878 e. The number of aliphatic hydroxyl groups is 1. The van der Waals surface area contributed by atoms with Crippen molar-refractivity contribution in [1.29, 1.82) is 0 Å². The summed E-state index contributed by atoms with van der Waals surface area (Å²) in [6.45, 7) is 21.8. The molecule has 0 aliphatic rings. The van der Waals surface area contributed by atoms with Crippen molar-refractivity contribution in [3.8, 4) is 0 Å². The van der Waals surface area contributed by atoms with Gasteiger partial charge in [-0.05, 0) is 23.7 Å². The Kier molecular flexibility index (Phi) is 6.55. The third kappa shape index (κ3) is 3.16. The minimum absolute atomic E-state index is 0.212. The van der Waals surface area contributed by atoms with Gasteiger partial charge in [0, 0.05) is 6.04 Å². The van der Waals surface area contributed by atoms with Crippen LogP contribution in [0.4, 0.5) is 0 Å². The minimum Gasteiger partial charge on any atom is -0.387 e. The molecule has 0 radical (unpaired) electrons. The van der Waals surface area contributed by atoms with Crippen molar-refractivity contribution in [3.63, 3.8) is 0 Å². The van der Waals surface area contributed by atoms with E-state index < -0.39 is 5.60 Å². The van der Waals surface area contributed by atoms with Crippen molar-refractivity contribution in [2.45, 2.75) is 86.4 Å². The van der Waals surface area contributed by atoms with Crippen LogP contribution in [0, 0.1) is 23.7 Å². The van der Waals surface area contributed by atoms with Gasteiger partial charge in [-0.15, -0.1) is 0 Å². The molecule has 0 saturated carbocycles. The molecule has 0 aromatic carbocycles. The second-order valence-electron chi connectivity index (χ2n) is 7.61. The Hall–Kier alpha value is -0.0800. The van der Waals surface area contributed by atoms with E-state index in [9.17, 15) is 5.11 Å². The molecule has 0 rings (SSSR count). The van der Waals surface area contributed by atoms with Gasteiger partial charge in [0.25, 0.3) is 0 Å². The highest BCUT2D eigenvalue weighted by molar-refractivity contribution is 5.12. The van der Waals surface area contributed by atoms with E-state index in [1.807, 2.05) is 0 Å². The summed E-state index contributed by atoms with van der Waals surface area (Å²) in [6, 6.07) is 0.355. The molecule has 19 heavy (non-hydrogen) atoms. The zero-order chi connectivity index (χ0) is 15.6. The molecule has 0 fully saturated rings. The molecule has 0 aromatic heterocycles. The maximum absolute atomic E-state index is 11.6. The number of nitrogens with one attached hydrogen (secondary N) is 1. The molecule has 0 atom stereocenters. The Morgan fingerprint density at radius 2 is 0.947 bits per heavy atom. The van der Waals surface area contributed by atoms with Crippen LogP contribution in [0.1, 0.15) is 69.2 Å². The Labute approximate surface area is 121 Å². The van der Waals surface area contributed by atoms with Crippen LogP contribution in [-0.4, -0.2) is 22.3 Å². The fourth-order valence-electron chi connectivity index (χ4n) is 4.14. The van der Waals surface area contributed by atoms with Crippen LogP contribution < -0.4 is 5.32 Å². The Morgan fingerprint density at radius 3 is 1.11 bits per heavy atom. The molecule has 0 amide bonds. The third-order valence-electron chi connectivity index (χ3n) is 4.77. The van der Waals surface area contributed by atoms with E-state index in [2.05, 4.69) is 74.6 Å². The van der Waals surface area contributed by atoms with Gasteiger partial charge in [0.1, 0.15) is 0 Å². The first-order valence-electron chi connectivity index (χ1n) is 7.94. The lowest BCUT2D eigenvalue weighted by atomic mass is 9.57. The molecule has 0 aliphatic carbocycles. The molecule has 0 bridgehead atoms. The van der Waals surface area contributed by atoms with Gasteiger partial charge in [0.15, 0.2) is 0 Å². The highest BCUT2D eigenvalue weighted by atomic mass is 16.3. The molecule has 0 aliphatic heterocycles. The van der Waals surface area contributed by atoms with Crippen molar-refractivity contribution in [1.82, 2.24) is 5.32 Å². The van der Waals surface area contributed by atoms with E-state index in [1.165, 1.54) is 0 Å². The summed E-state index contributed by atoms with van der Waals surface area (Å²) in [5, 5.41) is 15.3. The predicted molar refractivity (Wildman–Crippen MR) is 85.3 cm³/mol. The maximum atomic E-state index is 11.6. The van der Waals surface area contributed by atoms with Gasteiger partial charge in [-0.3, -0.25) is 0 Å². The molecule has 116 valence electrons. The Balaban J connectivity index is 6.05. The largest absolute Gasteiger partial charge is 0.387 e. The van der Waals surface area contributed by atoms with Crippen LogP contribution in [0.5, 0.6) is 0 Å². The van der Waals surface area contributed by atoms with Gasteiger partial charge in [0.2, 0.25) is 0 Å². The Morgan fingerprint density at radius 1 is 0.632 bits per heavy atom. The minimum atomic E-state index is -0.723. The molecule has 0 saturated heterocycles. The molecular weight excluding hydrogens is 234 g/mol. The normalized spacial score (nSPS) is 14.5. The van der Waals surface area contributed by atoms with Crippen LogP contribution in [0.3, 0.4) is 0 Å². The van der Waals surface area contributed by atoms with E-state index in [-0.39, 0.29) is 17.4 Å². The first kappa shape index (κ1) is 18.9. The summed E-state index contributed by atoms with van der Waals surface area (Å²) < 4.78 is 0. The fourth-order valence-corrected chi connectivity index (χ4v) is 4.14. The average Bonchev–Trinajstić information content (AvgIpc) is 2.22. The fraction of sp³-hybridized carbons (Fsp3) is 1.00. The third-order valence-corrected chi connectivity index (χ3v) is 4.77. The number of hydrogen-bond acceptors (Lipinski definition) is 2. The van der Waals surface area contributed by atoms with Crippen LogP contribution in [-0.2, 0) is 0 Å². The molecule has 0 aromatic rings. The van der Waals surface area contributed by atoms with Crippen molar-refractivity contribution < 1.29 is 5.11 Å². The van der Waals surface area contributed by atoms with Gasteiger partial charge >= 0.3 is 0 Å². The summed E-state index contributed by atoms with van der Waals surface area (Å²) >= 11 is 0. The molecule has 0 heterocycles. The van der Waals surface area contributed by atoms with E-state index in [0.29, 0.717) is 17.9 Å². The lowest BCUT2D eigenvalue weighted by Crippen LogP contribution is -2.73. The van der Waals surface area contributed by atoms with Crippen LogP contribution in [0.15, 0.2) is 0 Å². The smallest absolute Gasteiger partial charge is 0.0878 e. The number of rotatable bonds is 7. The van der Waals surface area contributed by atoms with Gasteiger partial charge in [-0.1, -0.05) is 69.2 Å². The lowest BCUT2D eigenvalue weighted by Gasteiger charge is -2.58. The van der Waals surface area contributed by atoms with E-state index in [0.717, 1.165) is 0 Å². The van der Waals surface area contributed by atoms with E-state index in [4.69, 9.17) is 0 Å². The molecule has 2 nitrogen and oxygen atoms in total. The van der Waals surface area contributed by atoms with Gasteiger partial charge in [-0.2, -0.15) is 0 Å². The monoisotopic (exact) mass is 271 g/mol. The van der Waals surface area contributed by atoms with E-state index in [1.54, 1.807) is 0 Å². The lowest BCUT2D eigenvalue weighted by molar-refractivity contribution is -0.158. The van der Waals surface area contributed by atoms with Crippen molar-refractivity contribution >= 4 is 0 Å². The summed E-state index contributed by atoms with van der Waals surface area (Å²) in [7, 11) is 0. The van der Waals surface area contributed by atoms with Crippen molar-refractivity contribution in [3.05, 3.63) is 0 Å². The van der Waals surface area contributed by atoms with Crippen molar-refractivity contribution in [2.75, 3.05) is 0 Å². The second kappa shape index (κ2) is 6.58. The van der Waals surface area contributed by atoms with Crippen LogP contribution in [0.25, 0.3) is 0 Å². The molecular formula is C17H37NO. The molecule has 0 unspecified atom stereocenters. The highest BCUT2D eigenvalue weighted by Crippen LogP contribution is 2.45. The van der Waals surface area contributed by atoms with Crippen molar-refractivity contribution in [2.24, 2.45) is 23.7 Å². The van der Waals surface area contributed by atoms with Gasteiger partial charge < -0.3 is 10.4 Å². The molecule has 2 heteroatoms. The average molecular weight is 271 g/mol. The number of hydrogen-bond donors (Lipinski definition) is 2. The predicted octanol–water partition coefficient (Wildman–Crippen LogP) is 4.08. The summed E-state index contributed by atoms with van der Waals surface area (Å²) in [5.41, 5.74) is -0.997. The highest BCUT2D eigenvalue weighted by Gasteiger charge is 2.57. The summed E-state index contributed by atoms with van der Waals surface area (Å²) in [6.07, 6.45) is 0. The summed E-state index contributed by atoms with van der Waals surface area (Å²) in [5.74, 6) is 1.15. The first-order valence-corrected chi connectivity index (χ1v) is 7.94.